The van der Waals surface area contributed by atoms with Crippen molar-refractivity contribution in [2.45, 2.75) is 25.0 Å². The fraction of sp³-hybridized carbons (Fsp3) is 0.364. The van der Waals surface area contributed by atoms with Gasteiger partial charge in [0.2, 0.25) is 5.60 Å². The molecular weight excluding hydrogens is 180 g/mol. The Morgan fingerprint density at radius 2 is 1.79 bits per heavy atom. The number of hydrogen-bond donors (Lipinski definition) is 1. The summed E-state index contributed by atoms with van der Waals surface area (Å²) in [6, 6.07) is 9.05. The van der Waals surface area contributed by atoms with Crippen LogP contribution in [0.3, 0.4) is 0 Å². The zero-order valence-electron chi connectivity index (χ0n) is 8.15. The molecule has 1 aliphatic heterocycles. The molecule has 2 rings (SSSR count). The molecule has 0 spiro atoms. The van der Waals surface area contributed by atoms with Gasteiger partial charge in [-0.3, -0.25) is 0 Å². The molecule has 0 saturated carbocycles. The number of aliphatic carboxylic acids is 1. The highest BCUT2D eigenvalue weighted by molar-refractivity contribution is 5.84. The SMILES string of the molecule is CC1(C)OC1(C(=O)O)c1ccccc1. The van der Waals surface area contributed by atoms with Gasteiger partial charge in [-0.1, -0.05) is 30.3 Å². The van der Waals surface area contributed by atoms with Crippen LogP contribution in [0.4, 0.5) is 0 Å². The maximum atomic E-state index is 11.2. The van der Waals surface area contributed by atoms with Gasteiger partial charge in [0.15, 0.2) is 0 Å². The number of epoxide rings is 1. The van der Waals surface area contributed by atoms with E-state index in [2.05, 4.69) is 0 Å². The van der Waals surface area contributed by atoms with Gasteiger partial charge in [0.1, 0.15) is 5.60 Å². The van der Waals surface area contributed by atoms with Crippen LogP contribution in [0.25, 0.3) is 0 Å². The molecule has 0 aliphatic carbocycles. The topological polar surface area (TPSA) is 49.8 Å². The Morgan fingerprint density at radius 1 is 1.29 bits per heavy atom. The third kappa shape index (κ3) is 0.990. The molecule has 1 unspecified atom stereocenters. The number of carboxylic acids is 1. The van der Waals surface area contributed by atoms with Crippen molar-refractivity contribution in [3.63, 3.8) is 0 Å². The van der Waals surface area contributed by atoms with Crippen LogP contribution in [-0.4, -0.2) is 16.7 Å². The fourth-order valence-electron chi connectivity index (χ4n) is 1.86. The van der Waals surface area contributed by atoms with Crippen molar-refractivity contribution in [2.24, 2.45) is 0 Å². The van der Waals surface area contributed by atoms with Crippen molar-refractivity contribution in [1.82, 2.24) is 0 Å². The van der Waals surface area contributed by atoms with Crippen molar-refractivity contribution in [2.75, 3.05) is 0 Å². The Morgan fingerprint density at radius 3 is 2.14 bits per heavy atom. The first kappa shape index (κ1) is 9.21. The van der Waals surface area contributed by atoms with Gasteiger partial charge in [0.05, 0.1) is 0 Å². The molecule has 1 N–H and O–H groups in total. The van der Waals surface area contributed by atoms with E-state index in [-0.39, 0.29) is 0 Å². The van der Waals surface area contributed by atoms with E-state index in [9.17, 15) is 4.79 Å². The Hall–Kier alpha value is -1.35. The second-order valence-electron chi connectivity index (χ2n) is 3.96. The Balaban J connectivity index is 2.47. The van der Waals surface area contributed by atoms with Gasteiger partial charge < -0.3 is 9.84 Å². The van der Waals surface area contributed by atoms with Gasteiger partial charge >= 0.3 is 5.97 Å². The first-order valence-electron chi connectivity index (χ1n) is 4.50. The largest absolute Gasteiger partial charge is 0.479 e. The van der Waals surface area contributed by atoms with Crippen LogP contribution >= 0.6 is 0 Å². The maximum Gasteiger partial charge on any atom is 0.343 e. The smallest absolute Gasteiger partial charge is 0.343 e. The zero-order valence-corrected chi connectivity index (χ0v) is 8.15. The summed E-state index contributed by atoms with van der Waals surface area (Å²) in [5.41, 5.74) is -1.05. The van der Waals surface area contributed by atoms with E-state index < -0.39 is 17.2 Å². The predicted octanol–water partition coefficient (Wildman–Crippen LogP) is 1.78. The van der Waals surface area contributed by atoms with Crippen LogP contribution in [0.1, 0.15) is 19.4 Å². The third-order valence-corrected chi connectivity index (χ3v) is 2.70. The van der Waals surface area contributed by atoms with Crippen LogP contribution in [0.5, 0.6) is 0 Å². The van der Waals surface area contributed by atoms with Crippen LogP contribution in [0.15, 0.2) is 30.3 Å². The molecule has 1 aromatic carbocycles. The summed E-state index contributed by atoms with van der Waals surface area (Å²) >= 11 is 0. The summed E-state index contributed by atoms with van der Waals surface area (Å²) in [7, 11) is 0. The molecule has 1 fully saturated rings. The van der Waals surface area contributed by atoms with Crippen molar-refractivity contribution in [3.8, 4) is 0 Å². The summed E-state index contributed by atoms with van der Waals surface area (Å²) in [6.45, 7) is 3.57. The summed E-state index contributed by atoms with van der Waals surface area (Å²) < 4.78 is 5.34. The lowest BCUT2D eigenvalue weighted by atomic mass is 9.88. The molecule has 1 atom stereocenters. The first-order chi connectivity index (χ1) is 6.51. The summed E-state index contributed by atoms with van der Waals surface area (Å²) in [5.74, 6) is -0.922. The number of benzene rings is 1. The van der Waals surface area contributed by atoms with E-state index >= 15 is 0 Å². The van der Waals surface area contributed by atoms with Crippen molar-refractivity contribution in [1.29, 1.82) is 0 Å². The maximum absolute atomic E-state index is 11.2. The lowest BCUT2D eigenvalue weighted by Gasteiger charge is -2.09. The van der Waals surface area contributed by atoms with Gasteiger partial charge in [-0.25, -0.2) is 4.79 Å². The minimum Gasteiger partial charge on any atom is -0.479 e. The lowest BCUT2D eigenvalue weighted by Crippen LogP contribution is -2.28. The lowest BCUT2D eigenvalue weighted by molar-refractivity contribution is -0.143. The van der Waals surface area contributed by atoms with Gasteiger partial charge in [-0.05, 0) is 19.4 Å². The molecular formula is C11H12O3. The van der Waals surface area contributed by atoms with E-state index in [1.54, 1.807) is 26.0 Å². The second kappa shape index (κ2) is 2.58. The monoisotopic (exact) mass is 192 g/mol. The fourth-order valence-corrected chi connectivity index (χ4v) is 1.86. The Kier molecular flexibility index (Phi) is 1.70. The second-order valence-corrected chi connectivity index (χ2v) is 3.96. The Bertz CT molecular complexity index is 369. The average molecular weight is 192 g/mol. The van der Waals surface area contributed by atoms with Gasteiger partial charge in [-0.2, -0.15) is 0 Å². The van der Waals surface area contributed by atoms with E-state index in [0.29, 0.717) is 5.56 Å². The van der Waals surface area contributed by atoms with Gasteiger partial charge in [0, 0.05) is 0 Å². The highest BCUT2D eigenvalue weighted by Gasteiger charge is 2.70. The standard InChI is InChI=1S/C11H12O3/c1-10(2)11(14-10,9(12)13)8-6-4-3-5-7-8/h3-7H,1-2H3,(H,12,13). The van der Waals surface area contributed by atoms with Crippen molar-refractivity contribution >= 4 is 5.97 Å². The molecule has 1 aromatic rings. The van der Waals surface area contributed by atoms with Crippen molar-refractivity contribution < 1.29 is 14.6 Å². The molecule has 0 aromatic heterocycles. The van der Waals surface area contributed by atoms with Crippen LogP contribution in [0.2, 0.25) is 0 Å². The highest BCUT2D eigenvalue weighted by Crippen LogP contribution is 2.55. The summed E-state index contributed by atoms with van der Waals surface area (Å²) in [5, 5.41) is 9.17. The van der Waals surface area contributed by atoms with E-state index in [4.69, 9.17) is 9.84 Å². The third-order valence-electron chi connectivity index (χ3n) is 2.70. The molecule has 1 heterocycles. The normalized spacial score (nSPS) is 28.4. The van der Waals surface area contributed by atoms with Crippen molar-refractivity contribution in [3.05, 3.63) is 35.9 Å². The molecule has 14 heavy (non-hydrogen) atoms. The number of carboxylic acid groups (broad SMARTS) is 1. The first-order valence-corrected chi connectivity index (χ1v) is 4.50. The van der Waals surface area contributed by atoms with Crippen LogP contribution < -0.4 is 0 Å². The molecule has 0 bridgehead atoms. The molecule has 0 amide bonds. The van der Waals surface area contributed by atoms with E-state index in [1.807, 2.05) is 18.2 Å². The quantitative estimate of drug-likeness (QED) is 0.726. The van der Waals surface area contributed by atoms with Crippen LogP contribution in [-0.2, 0) is 15.1 Å². The molecule has 3 nitrogen and oxygen atoms in total. The van der Waals surface area contributed by atoms with E-state index in [0.717, 1.165) is 0 Å². The molecule has 3 heteroatoms. The van der Waals surface area contributed by atoms with Gasteiger partial charge in [0.25, 0.3) is 0 Å². The van der Waals surface area contributed by atoms with Crippen LogP contribution in [0, 0.1) is 0 Å². The van der Waals surface area contributed by atoms with E-state index in [1.165, 1.54) is 0 Å². The minimum atomic E-state index is -1.14. The zero-order chi connectivity index (χ0) is 10.4. The average Bonchev–Trinajstić information content (AvgIpc) is 2.72. The molecule has 1 aliphatic rings. The van der Waals surface area contributed by atoms with Gasteiger partial charge in [-0.15, -0.1) is 0 Å². The molecule has 74 valence electrons. The molecule has 1 saturated heterocycles. The number of rotatable bonds is 2. The summed E-state index contributed by atoms with van der Waals surface area (Å²) in [4.78, 5) is 11.2. The predicted molar refractivity (Wildman–Crippen MR) is 50.9 cm³/mol. The highest BCUT2D eigenvalue weighted by atomic mass is 16.6. The number of ether oxygens (including phenoxy) is 1. The Labute approximate surface area is 82.3 Å². The number of carbonyl (C=O) groups is 1. The minimum absolute atomic E-state index is 0.611. The summed E-state index contributed by atoms with van der Waals surface area (Å²) in [6.07, 6.45) is 0. The number of hydrogen-bond acceptors (Lipinski definition) is 2. The molecule has 0 radical (unpaired) electrons.